The van der Waals surface area contributed by atoms with Gasteiger partial charge >= 0.3 is 5.97 Å². The molecule has 0 saturated heterocycles. The second-order valence-corrected chi connectivity index (χ2v) is 4.34. The van der Waals surface area contributed by atoms with Crippen LogP contribution in [0.4, 0.5) is 15.8 Å². The minimum Gasteiger partial charge on any atom is -0.457 e. The Morgan fingerprint density at radius 3 is 2.62 bits per heavy atom. The number of hydrogen-bond acceptors (Lipinski definition) is 5. The number of esters is 1. The fourth-order valence-corrected chi connectivity index (χ4v) is 1.72. The van der Waals surface area contributed by atoms with Gasteiger partial charge in [0.05, 0.1) is 17.2 Å². The molecule has 6 heteroatoms. The maximum Gasteiger partial charge on any atom is 0.340 e. The molecule has 2 aromatic rings. The number of nitrogens with two attached hydrogens (primary N) is 2. The summed E-state index contributed by atoms with van der Waals surface area (Å²) in [6, 6.07) is 10.2. The zero-order valence-corrected chi connectivity index (χ0v) is 11.0. The van der Waals surface area contributed by atoms with Gasteiger partial charge in [-0.3, -0.25) is 0 Å². The third-order valence-electron chi connectivity index (χ3n) is 2.84. The quantitative estimate of drug-likeness (QED) is 0.665. The molecule has 0 bridgehead atoms. The first-order valence-electron chi connectivity index (χ1n) is 6.02. The van der Waals surface area contributed by atoms with Crippen molar-refractivity contribution >= 4 is 17.3 Å². The van der Waals surface area contributed by atoms with Gasteiger partial charge in [-0.2, -0.15) is 5.26 Å². The van der Waals surface area contributed by atoms with Crippen molar-refractivity contribution in [2.24, 2.45) is 0 Å². The fourth-order valence-electron chi connectivity index (χ4n) is 1.72. The first-order valence-corrected chi connectivity index (χ1v) is 6.02. The number of carbonyl (C=O) groups is 1. The Morgan fingerprint density at radius 2 is 2.00 bits per heavy atom. The summed E-state index contributed by atoms with van der Waals surface area (Å²) >= 11 is 0. The lowest BCUT2D eigenvalue weighted by atomic mass is 10.1. The van der Waals surface area contributed by atoms with Crippen molar-refractivity contribution in [2.45, 2.75) is 6.61 Å². The van der Waals surface area contributed by atoms with Crippen molar-refractivity contribution in [3.05, 3.63) is 58.9 Å². The van der Waals surface area contributed by atoms with E-state index < -0.39 is 11.8 Å². The van der Waals surface area contributed by atoms with Crippen LogP contribution < -0.4 is 11.5 Å². The maximum absolute atomic E-state index is 13.6. The van der Waals surface area contributed by atoms with Crippen molar-refractivity contribution in [1.82, 2.24) is 0 Å². The number of anilines is 2. The topological polar surface area (TPSA) is 102 Å². The Labute approximate surface area is 120 Å². The van der Waals surface area contributed by atoms with Crippen molar-refractivity contribution in [1.29, 1.82) is 5.26 Å². The second kappa shape index (κ2) is 5.92. The normalized spacial score (nSPS) is 9.90. The molecule has 4 N–H and O–H groups in total. The summed E-state index contributed by atoms with van der Waals surface area (Å²) in [5.41, 5.74) is 12.4. The van der Waals surface area contributed by atoms with E-state index in [2.05, 4.69) is 0 Å². The number of nitrogens with zero attached hydrogens (tertiary/aromatic N) is 1. The van der Waals surface area contributed by atoms with Crippen molar-refractivity contribution < 1.29 is 13.9 Å². The zero-order chi connectivity index (χ0) is 15.4. The fraction of sp³-hybridized carbons (Fsp3) is 0.0667. The molecule has 0 saturated carbocycles. The number of hydrogen-bond donors (Lipinski definition) is 2. The molecule has 0 aliphatic carbocycles. The van der Waals surface area contributed by atoms with E-state index in [1.807, 2.05) is 6.07 Å². The van der Waals surface area contributed by atoms with Gasteiger partial charge in [0, 0.05) is 16.9 Å². The van der Waals surface area contributed by atoms with Crippen LogP contribution in [0.5, 0.6) is 0 Å². The van der Waals surface area contributed by atoms with E-state index in [0.717, 1.165) is 6.07 Å². The molecular weight excluding hydrogens is 273 g/mol. The van der Waals surface area contributed by atoms with Gasteiger partial charge < -0.3 is 16.2 Å². The number of halogens is 1. The van der Waals surface area contributed by atoms with E-state index in [1.165, 1.54) is 30.3 Å². The summed E-state index contributed by atoms with van der Waals surface area (Å²) in [4.78, 5) is 11.9. The average molecular weight is 285 g/mol. The number of nitrogen functional groups attached to an aromatic ring is 2. The maximum atomic E-state index is 13.6. The smallest absolute Gasteiger partial charge is 0.340 e. The van der Waals surface area contributed by atoms with Gasteiger partial charge in [-0.1, -0.05) is 6.07 Å². The Hall–Kier alpha value is -3.07. The third-order valence-corrected chi connectivity index (χ3v) is 2.84. The molecule has 2 rings (SSSR count). The Bertz CT molecular complexity index is 738. The number of rotatable bonds is 3. The minimum absolute atomic E-state index is 0.165. The molecule has 5 nitrogen and oxygen atoms in total. The van der Waals surface area contributed by atoms with Crippen LogP contribution in [0, 0.1) is 17.1 Å². The van der Waals surface area contributed by atoms with Gasteiger partial charge in [0.2, 0.25) is 0 Å². The highest BCUT2D eigenvalue weighted by atomic mass is 19.1. The number of benzene rings is 2. The van der Waals surface area contributed by atoms with Crippen LogP contribution >= 0.6 is 0 Å². The van der Waals surface area contributed by atoms with Crippen LogP contribution in [0.3, 0.4) is 0 Å². The average Bonchev–Trinajstić information content (AvgIpc) is 2.45. The molecular formula is C15H12FN3O2. The number of ether oxygens (including phenoxy) is 1. The monoisotopic (exact) mass is 285 g/mol. The Morgan fingerprint density at radius 1 is 1.24 bits per heavy atom. The van der Waals surface area contributed by atoms with Crippen LogP contribution in [0.15, 0.2) is 36.4 Å². The lowest BCUT2D eigenvalue weighted by molar-refractivity contribution is 0.0470. The SMILES string of the molecule is N#Cc1ccc(COC(=O)c2ccc(N)cc2N)c(F)c1. The summed E-state index contributed by atoms with van der Waals surface area (Å²) in [7, 11) is 0. The first kappa shape index (κ1) is 14.3. The molecule has 0 heterocycles. The molecule has 0 aromatic heterocycles. The van der Waals surface area contributed by atoms with Crippen molar-refractivity contribution in [2.75, 3.05) is 11.5 Å². The third kappa shape index (κ3) is 3.28. The highest BCUT2D eigenvalue weighted by Gasteiger charge is 2.13. The molecule has 0 radical (unpaired) electrons. The van der Waals surface area contributed by atoms with Crippen LogP contribution in [0.25, 0.3) is 0 Å². The molecule has 0 aliphatic heterocycles. The predicted octanol–water partition coefficient (Wildman–Crippen LogP) is 2.22. The van der Waals surface area contributed by atoms with Crippen LogP contribution in [-0.4, -0.2) is 5.97 Å². The largest absolute Gasteiger partial charge is 0.457 e. The lowest BCUT2D eigenvalue weighted by Gasteiger charge is -2.08. The molecule has 0 amide bonds. The molecule has 106 valence electrons. The standard InChI is InChI=1S/C15H12FN3O2/c16-13-5-9(7-17)1-2-10(13)8-21-15(20)12-4-3-11(18)6-14(12)19/h1-6H,8,18-19H2. The summed E-state index contributed by atoms with van der Waals surface area (Å²) < 4.78 is 18.6. The molecule has 0 fully saturated rings. The van der Waals surface area contributed by atoms with Gasteiger partial charge in [0.1, 0.15) is 12.4 Å². The highest BCUT2D eigenvalue weighted by Crippen LogP contribution is 2.18. The number of nitriles is 1. The minimum atomic E-state index is -0.670. The molecule has 0 atom stereocenters. The van der Waals surface area contributed by atoms with Crippen LogP contribution in [-0.2, 0) is 11.3 Å². The van der Waals surface area contributed by atoms with Crippen molar-refractivity contribution in [3.8, 4) is 6.07 Å². The molecule has 0 spiro atoms. The molecule has 2 aromatic carbocycles. The van der Waals surface area contributed by atoms with E-state index in [0.29, 0.717) is 5.69 Å². The predicted molar refractivity (Wildman–Crippen MR) is 75.5 cm³/mol. The van der Waals surface area contributed by atoms with Gasteiger partial charge in [0.15, 0.2) is 0 Å². The molecule has 0 unspecified atom stereocenters. The van der Waals surface area contributed by atoms with Gasteiger partial charge in [-0.05, 0) is 30.3 Å². The molecule has 21 heavy (non-hydrogen) atoms. The van der Waals surface area contributed by atoms with E-state index in [4.69, 9.17) is 21.5 Å². The van der Waals surface area contributed by atoms with Crippen LogP contribution in [0.1, 0.15) is 21.5 Å². The van der Waals surface area contributed by atoms with E-state index in [9.17, 15) is 9.18 Å². The van der Waals surface area contributed by atoms with E-state index in [-0.39, 0.29) is 29.0 Å². The first-order chi connectivity index (χ1) is 10.0. The Kier molecular flexibility index (Phi) is 4.05. The van der Waals surface area contributed by atoms with Gasteiger partial charge in [-0.25, -0.2) is 9.18 Å². The van der Waals surface area contributed by atoms with Crippen LogP contribution in [0.2, 0.25) is 0 Å². The summed E-state index contributed by atoms with van der Waals surface area (Å²) in [6.45, 7) is -0.250. The molecule has 0 aliphatic rings. The summed E-state index contributed by atoms with van der Waals surface area (Å²) in [5, 5.41) is 8.65. The lowest BCUT2D eigenvalue weighted by Crippen LogP contribution is -2.09. The zero-order valence-electron chi connectivity index (χ0n) is 11.0. The van der Waals surface area contributed by atoms with E-state index in [1.54, 1.807) is 0 Å². The highest BCUT2D eigenvalue weighted by molar-refractivity contribution is 5.95. The summed E-state index contributed by atoms with van der Waals surface area (Å²) in [5.74, 6) is -1.27. The van der Waals surface area contributed by atoms with Gasteiger partial charge in [-0.15, -0.1) is 0 Å². The van der Waals surface area contributed by atoms with Gasteiger partial charge in [0.25, 0.3) is 0 Å². The van der Waals surface area contributed by atoms with Crippen molar-refractivity contribution in [3.63, 3.8) is 0 Å². The summed E-state index contributed by atoms with van der Waals surface area (Å²) in [6.07, 6.45) is 0. The van der Waals surface area contributed by atoms with E-state index >= 15 is 0 Å². The number of carbonyl (C=O) groups excluding carboxylic acids is 1. The Balaban J connectivity index is 2.09. The second-order valence-electron chi connectivity index (χ2n) is 4.34.